The molecule has 0 unspecified atom stereocenters. The third-order valence-corrected chi connectivity index (χ3v) is 6.73. The van der Waals surface area contributed by atoms with Crippen molar-refractivity contribution in [2.24, 2.45) is 0 Å². The Labute approximate surface area is 148 Å². The first-order valence-corrected chi connectivity index (χ1v) is 13.6. The number of hydrogen-bond acceptors (Lipinski definition) is 0. The molecule has 0 bridgehead atoms. The van der Waals surface area contributed by atoms with E-state index in [1.54, 1.807) is 0 Å². The summed E-state index contributed by atoms with van der Waals surface area (Å²) >= 11 is 0. The molecule has 0 saturated carbocycles. The van der Waals surface area contributed by atoms with Crippen molar-refractivity contribution in [2.75, 3.05) is 0 Å². The van der Waals surface area contributed by atoms with Gasteiger partial charge in [0.05, 0.1) is 8.07 Å². The highest BCUT2D eigenvalue weighted by Crippen LogP contribution is 2.12. The molecule has 0 aliphatic carbocycles. The van der Waals surface area contributed by atoms with Crippen molar-refractivity contribution in [3.8, 4) is 0 Å². The maximum absolute atomic E-state index is 2.54. The van der Waals surface area contributed by atoms with E-state index in [2.05, 4.69) is 50.5 Å². The standard InChI is InChI=1S/C22H44Si/c1-5-7-9-11-13-15-17-19-21-23(3,4)22-20-18-16-14-12-10-8-6-2/h19-22H,5-18H2,1-4H3. The molecule has 0 saturated heterocycles. The second-order valence-corrected chi connectivity index (χ2v) is 12.0. The summed E-state index contributed by atoms with van der Waals surface area (Å²) in [5, 5.41) is 0. The van der Waals surface area contributed by atoms with Gasteiger partial charge in [0.25, 0.3) is 0 Å². The van der Waals surface area contributed by atoms with Gasteiger partial charge in [-0.25, -0.2) is 0 Å². The van der Waals surface area contributed by atoms with Gasteiger partial charge in [-0.2, -0.15) is 0 Å². The molecule has 0 rings (SSSR count). The second-order valence-electron chi connectivity index (χ2n) is 7.74. The summed E-state index contributed by atoms with van der Waals surface area (Å²) in [7, 11) is -1.23. The molecule has 0 amide bonds. The average Bonchev–Trinajstić information content (AvgIpc) is 2.52. The van der Waals surface area contributed by atoms with Crippen LogP contribution in [-0.4, -0.2) is 8.07 Å². The maximum atomic E-state index is 2.54. The Morgan fingerprint density at radius 2 is 0.870 bits per heavy atom. The van der Waals surface area contributed by atoms with E-state index in [1.807, 2.05) is 0 Å². The molecule has 0 nitrogen and oxygen atoms in total. The smallest absolute Gasteiger partial charge is 0.0947 e. The lowest BCUT2D eigenvalue weighted by atomic mass is 10.1. The lowest BCUT2D eigenvalue weighted by Gasteiger charge is -2.11. The van der Waals surface area contributed by atoms with Crippen LogP contribution in [0.3, 0.4) is 0 Å². The maximum Gasteiger partial charge on any atom is 0.0947 e. The van der Waals surface area contributed by atoms with Gasteiger partial charge in [-0.15, -0.1) is 0 Å². The van der Waals surface area contributed by atoms with Crippen molar-refractivity contribution in [1.82, 2.24) is 0 Å². The predicted molar refractivity (Wildman–Crippen MR) is 112 cm³/mol. The number of unbranched alkanes of at least 4 members (excludes halogenated alkanes) is 12. The Balaban J connectivity index is 3.61. The SMILES string of the molecule is CCCCCCCCC=C[Si](C)(C)C=CCCCCCCCC. The van der Waals surface area contributed by atoms with Gasteiger partial charge in [-0.05, 0) is 25.7 Å². The molecule has 0 aliphatic rings. The summed E-state index contributed by atoms with van der Waals surface area (Å²) in [5.41, 5.74) is 5.08. The van der Waals surface area contributed by atoms with Crippen LogP contribution in [0.1, 0.15) is 104 Å². The molecular weight excluding hydrogens is 292 g/mol. The summed E-state index contributed by atoms with van der Waals surface area (Å²) in [6.07, 6.45) is 24.3. The molecule has 0 aromatic carbocycles. The van der Waals surface area contributed by atoms with E-state index in [9.17, 15) is 0 Å². The molecule has 0 radical (unpaired) electrons. The van der Waals surface area contributed by atoms with E-state index < -0.39 is 8.07 Å². The summed E-state index contributed by atoms with van der Waals surface area (Å²) in [6, 6.07) is 0. The van der Waals surface area contributed by atoms with Crippen LogP contribution in [0, 0.1) is 0 Å². The monoisotopic (exact) mass is 336 g/mol. The molecule has 0 aromatic rings. The van der Waals surface area contributed by atoms with Crippen LogP contribution in [0.5, 0.6) is 0 Å². The summed E-state index contributed by atoms with van der Waals surface area (Å²) < 4.78 is 0. The van der Waals surface area contributed by atoms with E-state index in [-0.39, 0.29) is 0 Å². The van der Waals surface area contributed by atoms with E-state index in [0.717, 1.165) is 0 Å². The molecule has 136 valence electrons. The zero-order chi connectivity index (χ0) is 17.2. The fraction of sp³-hybridized carbons (Fsp3) is 0.818. The minimum Gasteiger partial charge on any atom is -0.0948 e. The Morgan fingerprint density at radius 3 is 1.26 bits per heavy atom. The Bertz CT molecular complexity index is 260. The first-order valence-electron chi connectivity index (χ1n) is 10.5. The average molecular weight is 337 g/mol. The van der Waals surface area contributed by atoms with E-state index in [0.29, 0.717) is 0 Å². The minimum absolute atomic E-state index is 1.23. The predicted octanol–water partition coefficient (Wildman–Crippen LogP) is 8.39. The number of hydrogen-bond donors (Lipinski definition) is 0. The molecule has 0 fully saturated rings. The Kier molecular flexibility index (Phi) is 16.3. The molecular formula is C22H44Si. The number of allylic oxidation sites excluding steroid dienone is 2. The highest BCUT2D eigenvalue weighted by molar-refractivity contribution is 6.86. The van der Waals surface area contributed by atoms with Crippen LogP contribution >= 0.6 is 0 Å². The lowest BCUT2D eigenvalue weighted by molar-refractivity contribution is 0.611. The fourth-order valence-electron chi connectivity index (χ4n) is 2.91. The quantitative estimate of drug-likeness (QED) is 0.196. The van der Waals surface area contributed by atoms with Gasteiger partial charge in [-0.1, -0.05) is 115 Å². The fourth-order valence-corrected chi connectivity index (χ4v) is 4.57. The summed E-state index contributed by atoms with van der Waals surface area (Å²) in [6.45, 7) is 9.50. The molecule has 0 spiro atoms. The molecule has 0 atom stereocenters. The van der Waals surface area contributed by atoms with Crippen LogP contribution in [-0.2, 0) is 0 Å². The normalized spacial score (nSPS) is 12.7. The van der Waals surface area contributed by atoms with Crippen molar-refractivity contribution < 1.29 is 0 Å². The van der Waals surface area contributed by atoms with Crippen molar-refractivity contribution in [3.63, 3.8) is 0 Å². The van der Waals surface area contributed by atoms with Crippen LogP contribution < -0.4 is 0 Å². The van der Waals surface area contributed by atoms with Gasteiger partial charge < -0.3 is 0 Å². The molecule has 1 heteroatoms. The third kappa shape index (κ3) is 17.9. The minimum atomic E-state index is -1.23. The van der Waals surface area contributed by atoms with Gasteiger partial charge in [0.2, 0.25) is 0 Å². The summed E-state index contributed by atoms with van der Waals surface area (Å²) in [4.78, 5) is 0. The van der Waals surface area contributed by atoms with Crippen LogP contribution in [0.15, 0.2) is 23.6 Å². The van der Waals surface area contributed by atoms with Crippen LogP contribution in [0.4, 0.5) is 0 Å². The molecule has 0 N–H and O–H groups in total. The zero-order valence-electron chi connectivity index (χ0n) is 16.7. The van der Waals surface area contributed by atoms with Crippen LogP contribution in [0.25, 0.3) is 0 Å². The summed E-state index contributed by atoms with van der Waals surface area (Å²) in [5.74, 6) is 0. The van der Waals surface area contributed by atoms with Gasteiger partial charge >= 0.3 is 0 Å². The van der Waals surface area contributed by atoms with Gasteiger partial charge in [0, 0.05) is 0 Å². The topological polar surface area (TPSA) is 0 Å². The second kappa shape index (κ2) is 16.6. The first kappa shape index (κ1) is 22.7. The molecule has 23 heavy (non-hydrogen) atoms. The molecule has 0 aromatic heterocycles. The first-order chi connectivity index (χ1) is 11.1. The van der Waals surface area contributed by atoms with Crippen molar-refractivity contribution >= 4 is 8.07 Å². The van der Waals surface area contributed by atoms with Gasteiger partial charge in [0.1, 0.15) is 0 Å². The van der Waals surface area contributed by atoms with Crippen molar-refractivity contribution in [1.29, 1.82) is 0 Å². The molecule has 0 aliphatic heterocycles. The van der Waals surface area contributed by atoms with Gasteiger partial charge in [0.15, 0.2) is 0 Å². The van der Waals surface area contributed by atoms with Crippen molar-refractivity contribution in [2.45, 2.75) is 117 Å². The zero-order valence-corrected chi connectivity index (χ0v) is 17.7. The Hall–Kier alpha value is -0.303. The molecule has 0 heterocycles. The van der Waals surface area contributed by atoms with Crippen molar-refractivity contribution in [3.05, 3.63) is 23.6 Å². The highest BCUT2D eigenvalue weighted by Gasteiger charge is 2.10. The van der Waals surface area contributed by atoms with E-state index >= 15 is 0 Å². The Morgan fingerprint density at radius 1 is 0.522 bits per heavy atom. The third-order valence-electron chi connectivity index (χ3n) is 4.54. The van der Waals surface area contributed by atoms with E-state index in [4.69, 9.17) is 0 Å². The number of rotatable bonds is 16. The lowest BCUT2D eigenvalue weighted by Crippen LogP contribution is -2.18. The largest absolute Gasteiger partial charge is 0.0948 e. The highest BCUT2D eigenvalue weighted by atomic mass is 28.3. The van der Waals surface area contributed by atoms with Crippen LogP contribution in [0.2, 0.25) is 13.1 Å². The van der Waals surface area contributed by atoms with E-state index in [1.165, 1.54) is 89.9 Å². The van der Waals surface area contributed by atoms with Gasteiger partial charge in [-0.3, -0.25) is 0 Å².